The van der Waals surface area contributed by atoms with E-state index in [1.54, 1.807) is 38.1 Å². The fourth-order valence-electron chi connectivity index (χ4n) is 2.28. The highest BCUT2D eigenvalue weighted by molar-refractivity contribution is 7.90. The van der Waals surface area contributed by atoms with E-state index in [-0.39, 0.29) is 24.7 Å². The van der Waals surface area contributed by atoms with Crippen LogP contribution >= 0.6 is 0 Å². The van der Waals surface area contributed by atoms with Crippen LogP contribution in [0, 0.1) is 6.92 Å². The summed E-state index contributed by atoms with van der Waals surface area (Å²) in [6.07, 6.45) is 1.13. The number of amides is 1. The molecule has 0 aliphatic carbocycles. The molecule has 9 heteroatoms. The first-order chi connectivity index (χ1) is 13.2. The summed E-state index contributed by atoms with van der Waals surface area (Å²) in [6.45, 7) is 3.61. The van der Waals surface area contributed by atoms with Gasteiger partial charge in [-0.1, -0.05) is 6.07 Å². The normalized spacial score (nSPS) is 11.0. The van der Waals surface area contributed by atoms with Crippen molar-refractivity contribution in [2.45, 2.75) is 13.8 Å². The van der Waals surface area contributed by atoms with Crippen LogP contribution in [0.1, 0.15) is 33.5 Å². The summed E-state index contributed by atoms with van der Waals surface area (Å²) in [7, 11) is -3.11. The van der Waals surface area contributed by atoms with E-state index in [1.807, 2.05) is 0 Å². The second-order valence-electron chi connectivity index (χ2n) is 6.01. The molecule has 1 aromatic heterocycles. The SMILES string of the molecule is CCOC(=O)c1ccc(C(=O)Nc2cccc(OCCS(C)(=O)=O)c2)nc1C. The number of pyridine rings is 1. The Kier molecular flexibility index (Phi) is 7.11. The largest absolute Gasteiger partial charge is 0.492 e. The molecule has 150 valence electrons. The standard InChI is InChI=1S/C19H22N2O6S/c1-4-26-19(23)16-8-9-17(20-13(16)2)18(22)21-14-6-5-7-15(12-14)27-10-11-28(3,24)25/h5-9,12H,4,10-11H2,1-3H3,(H,21,22). The Morgan fingerprint density at radius 2 is 1.93 bits per heavy atom. The summed E-state index contributed by atoms with van der Waals surface area (Å²) in [4.78, 5) is 28.4. The molecule has 28 heavy (non-hydrogen) atoms. The molecule has 0 saturated heterocycles. The second-order valence-corrected chi connectivity index (χ2v) is 8.27. The molecule has 2 rings (SSSR count). The Morgan fingerprint density at radius 3 is 2.57 bits per heavy atom. The van der Waals surface area contributed by atoms with Gasteiger partial charge in [0.05, 0.1) is 23.6 Å². The van der Waals surface area contributed by atoms with Gasteiger partial charge in [-0.05, 0) is 38.1 Å². The molecule has 1 amide bonds. The number of hydrogen-bond donors (Lipinski definition) is 1. The second kappa shape index (κ2) is 9.32. The van der Waals surface area contributed by atoms with Crippen LogP contribution in [0.3, 0.4) is 0 Å². The number of nitrogens with one attached hydrogen (secondary N) is 1. The molecular weight excluding hydrogens is 384 g/mol. The van der Waals surface area contributed by atoms with Crippen molar-refractivity contribution in [3.8, 4) is 5.75 Å². The minimum absolute atomic E-state index is 0.0201. The fourth-order valence-corrected chi connectivity index (χ4v) is 2.67. The molecule has 0 bridgehead atoms. The first-order valence-corrected chi connectivity index (χ1v) is 10.6. The minimum atomic E-state index is -3.11. The molecule has 0 aliphatic rings. The van der Waals surface area contributed by atoms with Gasteiger partial charge in [-0.2, -0.15) is 0 Å². The van der Waals surface area contributed by atoms with Crippen LogP contribution in [0.5, 0.6) is 5.75 Å². The van der Waals surface area contributed by atoms with Gasteiger partial charge < -0.3 is 14.8 Å². The summed E-state index contributed by atoms with van der Waals surface area (Å²) >= 11 is 0. The molecule has 0 spiro atoms. The molecule has 0 saturated carbocycles. The van der Waals surface area contributed by atoms with Gasteiger partial charge in [0.25, 0.3) is 5.91 Å². The van der Waals surface area contributed by atoms with E-state index in [0.717, 1.165) is 6.26 Å². The highest BCUT2D eigenvalue weighted by Crippen LogP contribution is 2.18. The number of aromatic nitrogens is 1. The molecule has 0 aliphatic heterocycles. The predicted molar refractivity (Wildman–Crippen MR) is 105 cm³/mol. The van der Waals surface area contributed by atoms with Gasteiger partial charge in [-0.3, -0.25) is 4.79 Å². The highest BCUT2D eigenvalue weighted by atomic mass is 32.2. The number of ether oxygens (including phenoxy) is 2. The van der Waals surface area contributed by atoms with Crippen LogP contribution in [0.2, 0.25) is 0 Å². The van der Waals surface area contributed by atoms with Gasteiger partial charge in [0.1, 0.15) is 18.1 Å². The number of carbonyl (C=O) groups excluding carboxylic acids is 2. The lowest BCUT2D eigenvalue weighted by molar-refractivity contribution is 0.0524. The van der Waals surface area contributed by atoms with Gasteiger partial charge >= 0.3 is 5.97 Å². The van der Waals surface area contributed by atoms with E-state index in [4.69, 9.17) is 9.47 Å². The van der Waals surface area contributed by atoms with E-state index < -0.39 is 21.7 Å². The Balaban J connectivity index is 2.05. The summed E-state index contributed by atoms with van der Waals surface area (Å²) in [5.41, 5.74) is 1.31. The van der Waals surface area contributed by atoms with E-state index in [0.29, 0.717) is 22.7 Å². The molecule has 0 atom stereocenters. The fraction of sp³-hybridized carbons (Fsp3) is 0.316. The van der Waals surface area contributed by atoms with Crippen LogP contribution in [-0.4, -0.2) is 50.5 Å². The molecule has 0 fully saturated rings. The Labute approximate surface area is 163 Å². The maximum Gasteiger partial charge on any atom is 0.339 e. The van der Waals surface area contributed by atoms with Gasteiger partial charge in [-0.25, -0.2) is 18.2 Å². The average Bonchev–Trinajstić information content (AvgIpc) is 2.61. The van der Waals surface area contributed by atoms with E-state index >= 15 is 0 Å². The van der Waals surface area contributed by atoms with Crippen LogP contribution in [0.15, 0.2) is 36.4 Å². The van der Waals surface area contributed by atoms with Crippen LogP contribution in [0.25, 0.3) is 0 Å². The van der Waals surface area contributed by atoms with Crippen LogP contribution in [0.4, 0.5) is 5.69 Å². The number of benzene rings is 1. The molecule has 2 aromatic rings. The molecule has 0 radical (unpaired) electrons. The zero-order valence-corrected chi connectivity index (χ0v) is 16.7. The van der Waals surface area contributed by atoms with Crippen molar-refractivity contribution in [1.82, 2.24) is 4.98 Å². The van der Waals surface area contributed by atoms with Crippen molar-refractivity contribution in [3.63, 3.8) is 0 Å². The summed E-state index contributed by atoms with van der Waals surface area (Å²) in [5.74, 6) is -0.604. The van der Waals surface area contributed by atoms with E-state index in [1.165, 1.54) is 12.1 Å². The zero-order chi connectivity index (χ0) is 20.7. The predicted octanol–water partition coefficient (Wildman–Crippen LogP) is 2.24. The van der Waals surface area contributed by atoms with Crippen molar-refractivity contribution in [2.75, 3.05) is 30.5 Å². The third-order valence-electron chi connectivity index (χ3n) is 3.63. The van der Waals surface area contributed by atoms with Crippen molar-refractivity contribution < 1.29 is 27.5 Å². The van der Waals surface area contributed by atoms with Crippen LogP contribution in [-0.2, 0) is 14.6 Å². The van der Waals surface area contributed by atoms with Crippen molar-refractivity contribution in [1.29, 1.82) is 0 Å². The summed E-state index contributed by atoms with van der Waals surface area (Å²) < 4.78 is 32.6. The number of sulfone groups is 1. The van der Waals surface area contributed by atoms with Gasteiger partial charge in [-0.15, -0.1) is 0 Å². The monoisotopic (exact) mass is 406 g/mol. The lowest BCUT2D eigenvalue weighted by Crippen LogP contribution is -2.16. The van der Waals surface area contributed by atoms with E-state index in [9.17, 15) is 18.0 Å². The molecular formula is C19H22N2O6S. The minimum Gasteiger partial charge on any atom is -0.492 e. The maximum absolute atomic E-state index is 12.4. The molecule has 8 nitrogen and oxygen atoms in total. The smallest absolute Gasteiger partial charge is 0.339 e. The Morgan fingerprint density at radius 1 is 1.18 bits per heavy atom. The summed E-state index contributed by atoms with van der Waals surface area (Å²) in [5, 5.41) is 2.69. The van der Waals surface area contributed by atoms with Crippen molar-refractivity contribution in [2.24, 2.45) is 0 Å². The number of aryl methyl sites for hydroxylation is 1. The van der Waals surface area contributed by atoms with Gasteiger partial charge in [0.2, 0.25) is 0 Å². The summed E-state index contributed by atoms with van der Waals surface area (Å²) in [6, 6.07) is 9.53. The Hall–Kier alpha value is -2.94. The quantitative estimate of drug-likeness (QED) is 0.669. The number of carbonyl (C=O) groups is 2. The number of hydrogen-bond acceptors (Lipinski definition) is 7. The maximum atomic E-state index is 12.4. The first kappa shape index (κ1) is 21.4. The van der Waals surface area contributed by atoms with Crippen molar-refractivity contribution in [3.05, 3.63) is 53.3 Å². The number of anilines is 1. The zero-order valence-electron chi connectivity index (χ0n) is 15.9. The molecule has 0 unspecified atom stereocenters. The van der Waals surface area contributed by atoms with Crippen LogP contribution < -0.4 is 10.1 Å². The Bertz CT molecular complexity index is 972. The third-order valence-corrected chi connectivity index (χ3v) is 4.54. The molecule has 1 N–H and O–H groups in total. The number of rotatable bonds is 8. The third kappa shape index (κ3) is 6.34. The molecule has 1 aromatic carbocycles. The first-order valence-electron chi connectivity index (χ1n) is 8.56. The lowest BCUT2D eigenvalue weighted by atomic mass is 10.2. The molecule has 1 heterocycles. The lowest BCUT2D eigenvalue weighted by Gasteiger charge is -2.10. The number of esters is 1. The van der Waals surface area contributed by atoms with Crippen molar-refractivity contribution >= 4 is 27.4 Å². The number of nitrogens with zero attached hydrogens (tertiary/aromatic N) is 1. The topological polar surface area (TPSA) is 112 Å². The average molecular weight is 406 g/mol. The van der Waals surface area contributed by atoms with Gasteiger partial charge in [0, 0.05) is 18.0 Å². The van der Waals surface area contributed by atoms with Gasteiger partial charge in [0.15, 0.2) is 9.84 Å². The van der Waals surface area contributed by atoms with E-state index in [2.05, 4.69) is 10.3 Å². The highest BCUT2D eigenvalue weighted by Gasteiger charge is 2.15.